The van der Waals surface area contributed by atoms with Crippen LogP contribution in [0.3, 0.4) is 0 Å². The number of aliphatic carboxylic acids is 2. The lowest BCUT2D eigenvalue weighted by atomic mass is 10.0. The Morgan fingerprint density at radius 3 is 1.61 bits per heavy atom. The Balaban J connectivity index is 2.92. The van der Waals surface area contributed by atoms with E-state index in [0.29, 0.717) is 5.69 Å². The highest BCUT2D eigenvalue weighted by molar-refractivity contribution is 8.77. The summed E-state index contributed by atoms with van der Waals surface area (Å²) >= 11 is 0. The lowest BCUT2D eigenvalue weighted by Gasteiger charge is -2.34. The monoisotopic (exact) mass is 1350 g/mol. The van der Waals surface area contributed by atoms with Gasteiger partial charge in [-0.2, -0.15) is 0 Å². The van der Waals surface area contributed by atoms with Crippen LogP contribution in [-0.2, 0) is 64.0 Å². The zero-order chi connectivity index (χ0) is 70.0. The molecule has 520 valence electrons. The van der Waals surface area contributed by atoms with Crippen LogP contribution >= 0.6 is 21.6 Å². The minimum Gasteiger partial charge on any atom is -0.481 e. The van der Waals surface area contributed by atoms with E-state index in [2.05, 4.69) is 83.1 Å². The van der Waals surface area contributed by atoms with Crippen molar-refractivity contribution < 1.29 is 67.7 Å². The first-order valence-electron chi connectivity index (χ1n) is 29.3. The molecule has 31 N–H and O–H groups in total. The van der Waals surface area contributed by atoms with Crippen LogP contribution < -0.4 is 105 Å². The van der Waals surface area contributed by atoms with Gasteiger partial charge in [-0.15, -0.1) is 0 Å². The van der Waals surface area contributed by atoms with Gasteiger partial charge in [-0.3, -0.25) is 72.7 Å². The summed E-state index contributed by atoms with van der Waals surface area (Å²) in [7, 11) is 1.74. The molecule has 0 radical (unpaired) electrons. The molecule has 1 aliphatic rings. The maximum atomic E-state index is 14.6. The molecule has 0 aliphatic carbocycles. The Kier molecular flexibility index (Phi) is 35.3. The normalized spacial score (nSPS) is 21.5. The van der Waals surface area contributed by atoms with Crippen molar-refractivity contribution in [1.82, 2.24) is 63.1 Å². The Bertz CT molecular complexity index is 2830. The number of aliphatic imine (C=N–C) groups is 4. The number of amides is 10. The van der Waals surface area contributed by atoms with Gasteiger partial charge in [0.05, 0.1) is 31.9 Å². The summed E-state index contributed by atoms with van der Waals surface area (Å²) in [5.74, 6) is -15.1. The molecule has 41 heteroatoms. The molecule has 1 aromatic rings. The lowest BCUT2D eigenvalue weighted by molar-refractivity contribution is -0.142. The summed E-state index contributed by atoms with van der Waals surface area (Å²) in [6.07, 6.45) is 0.896. The second-order valence-corrected chi connectivity index (χ2v) is 25.1. The zero-order valence-corrected chi connectivity index (χ0v) is 53.8. The van der Waals surface area contributed by atoms with Gasteiger partial charge in [-0.1, -0.05) is 35.4 Å². The van der Waals surface area contributed by atoms with Gasteiger partial charge in [0.2, 0.25) is 59.1 Å². The van der Waals surface area contributed by atoms with E-state index in [1.54, 1.807) is 13.8 Å². The number of aromatic nitrogens is 2. The smallest absolute Gasteiger partial charge is 0.326 e. The molecule has 0 unspecified atom stereocenters. The third-order valence-electron chi connectivity index (χ3n) is 13.3. The van der Waals surface area contributed by atoms with E-state index >= 15 is 0 Å². The van der Waals surface area contributed by atoms with Crippen LogP contribution in [0.25, 0.3) is 0 Å². The van der Waals surface area contributed by atoms with Crippen molar-refractivity contribution in [1.29, 1.82) is 0 Å². The van der Waals surface area contributed by atoms with Gasteiger partial charge >= 0.3 is 11.9 Å². The number of carbonyl (C=O) groups excluding carboxylic acids is 10. The molecule has 1 saturated heterocycles. The standard InChI is InChI=1S/C52H91N25O14S2/c1-25(2)17-31-42(85)73-29(11-7-15-65-50(58)59)41(84)76-34(45(88)74-30(47(90)91)12-8-16-66-51(60)61)23-92-93-52(3,4)38(77-39(82)27(53)9-5-13-63-48(54)55)46(89)68-22-36(79)70-32(18-26-20-62-24-69-26)43(86)72-28(10-6-14-64-49(56)57)40(83)67-21-35(78)71-33(19-37(80)81)44(87)75-31/h20,24-25,27-34,38H,5-19,21-23,53H2,1-4H3,(H,62,69)(H,67,83)(H,68,89)(H,70,79)(H,71,78)(H,72,86)(H,73,85)(H,74,88)(H,75,87)(H,76,84)(H,77,82)(H,80,81)(H,90,91)(H4,54,55,63)(H4,56,57,64)(H4,58,59,65)(H4,60,61,66)/t27-,28-,29-,30-,31-,32-,33-,34-,38+/m0/s1. The van der Waals surface area contributed by atoms with E-state index in [-0.39, 0.29) is 120 Å². The molecule has 0 spiro atoms. The zero-order valence-electron chi connectivity index (χ0n) is 52.2. The van der Waals surface area contributed by atoms with Crippen LogP contribution in [0, 0.1) is 5.92 Å². The first-order chi connectivity index (χ1) is 43.7. The molecule has 1 fully saturated rings. The molecule has 0 saturated carbocycles. The molecular weight excluding hydrogens is 1260 g/mol. The fourth-order valence-corrected chi connectivity index (χ4v) is 11.4. The number of carboxylic acids is 2. The Morgan fingerprint density at radius 1 is 0.634 bits per heavy atom. The minimum atomic E-state index is -1.89. The first kappa shape index (κ1) is 79.7. The molecule has 10 amide bonds. The average molecular weight is 1350 g/mol. The van der Waals surface area contributed by atoms with Gasteiger partial charge < -0.3 is 120 Å². The molecule has 0 bridgehead atoms. The molecule has 9 atom stereocenters. The maximum Gasteiger partial charge on any atom is 0.326 e. The summed E-state index contributed by atoms with van der Waals surface area (Å²) < 4.78 is -1.47. The van der Waals surface area contributed by atoms with Crippen molar-refractivity contribution in [3.8, 4) is 0 Å². The molecule has 1 aromatic heterocycles. The van der Waals surface area contributed by atoms with Gasteiger partial charge in [-0.25, -0.2) is 9.78 Å². The molecule has 93 heavy (non-hydrogen) atoms. The molecule has 1 aliphatic heterocycles. The molecular formula is C52H91N25O14S2. The third kappa shape index (κ3) is 32.4. The Morgan fingerprint density at radius 2 is 1.11 bits per heavy atom. The quantitative estimate of drug-likeness (QED) is 0.0168. The summed E-state index contributed by atoms with van der Waals surface area (Å²) in [6.45, 7) is 4.54. The number of hydrogen-bond acceptors (Lipinski definition) is 20. The first-order valence-corrected chi connectivity index (χ1v) is 31.7. The predicted molar refractivity (Wildman–Crippen MR) is 345 cm³/mol. The number of carbonyl (C=O) groups is 12. The van der Waals surface area contributed by atoms with Gasteiger partial charge in [0.25, 0.3) is 0 Å². The van der Waals surface area contributed by atoms with Crippen molar-refractivity contribution in [2.45, 2.75) is 157 Å². The predicted octanol–water partition coefficient (Wildman–Crippen LogP) is -8.62. The van der Waals surface area contributed by atoms with Gasteiger partial charge in [-0.05, 0) is 77.6 Å². The lowest BCUT2D eigenvalue weighted by Crippen LogP contribution is -2.60. The van der Waals surface area contributed by atoms with Crippen molar-refractivity contribution in [2.24, 2.45) is 77.5 Å². The summed E-state index contributed by atoms with van der Waals surface area (Å²) in [6, 6.07) is -14.1. The van der Waals surface area contributed by atoms with Crippen LogP contribution in [0.5, 0.6) is 0 Å². The van der Waals surface area contributed by atoms with Crippen LogP contribution in [0.2, 0.25) is 0 Å². The largest absolute Gasteiger partial charge is 0.481 e. The SMILES string of the molecule is CC(C)C[C@@H]1NC(=O)[C@H](CC(=O)O)NC(=O)CNC(=O)[C@H](CCCN=C(N)N)NC(=O)[C@H](Cc2cnc[nH]2)NC(=O)CNC(=O)[C@@H](NC(=O)[C@@H](N)CCCN=C(N)N)C(C)(C)SSC[C@@H](C(=O)N[C@@H](CCCN=C(N)N)C(=O)O)NC(=O)[C@H](CCCN=C(N)N)NC1=O. The number of guanidine groups is 4. The van der Waals surface area contributed by atoms with E-state index in [9.17, 15) is 67.7 Å². The summed E-state index contributed by atoms with van der Waals surface area (Å²) in [4.78, 5) is 188. The highest BCUT2D eigenvalue weighted by Gasteiger charge is 2.40. The molecule has 0 aromatic carbocycles. The average Bonchev–Trinajstić information content (AvgIpc) is 1.14. The van der Waals surface area contributed by atoms with Gasteiger partial charge in [0.15, 0.2) is 23.8 Å². The number of nitrogens with one attached hydrogen (secondary N) is 11. The van der Waals surface area contributed by atoms with E-state index in [4.69, 9.17) is 51.6 Å². The minimum absolute atomic E-state index is 0.000862. The highest BCUT2D eigenvalue weighted by atomic mass is 33.1. The van der Waals surface area contributed by atoms with E-state index in [0.717, 1.165) is 21.6 Å². The second kappa shape index (κ2) is 41.1. The highest BCUT2D eigenvalue weighted by Crippen LogP contribution is 2.39. The number of imidazole rings is 1. The van der Waals surface area contributed by atoms with Gasteiger partial charge in [0.1, 0.15) is 48.3 Å². The number of aromatic amines is 1. The molecule has 39 nitrogen and oxygen atoms in total. The van der Waals surface area contributed by atoms with Crippen molar-refractivity contribution in [3.63, 3.8) is 0 Å². The Hall–Kier alpha value is -9.41. The van der Waals surface area contributed by atoms with E-state index in [1.807, 2.05) is 0 Å². The number of hydrogen-bond donors (Lipinski definition) is 22. The van der Waals surface area contributed by atoms with E-state index < -0.39 is 155 Å². The topological polar surface area (TPSA) is 678 Å². The number of nitrogens with two attached hydrogens (primary N) is 9. The van der Waals surface area contributed by atoms with Gasteiger partial charge in [0, 0.05) is 55.0 Å². The fourth-order valence-electron chi connectivity index (χ4n) is 8.57. The second-order valence-electron chi connectivity index (χ2n) is 22.1. The fraction of sp³-hybridized carbons (Fsp3) is 0.635. The number of carboxylic acid groups (broad SMARTS) is 2. The maximum absolute atomic E-state index is 14.6. The molecule has 2 rings (SSSR count). The number of nitrogens with zero attached hydrogens (tertiary/aromatic N) is 5. The number of H-pyrrole nitrogens is 1. The molecule has 2 heterocycles. The summed E-state index contributed by atoms with van der Waals surface area (Å²) in [5.41, 5.74) is 50.4. The Labute approximate surface area is 543 Å². The van der Waals surface area contributed by atoms with Crippen LogP contribution in [0.15, 0.2) is 32.5 Å². The van der Waals surface area contributed by atoms with Crippen LogP contribution in [0.1, 0.15) is 97.6 Å². The number of rotatable bonds is 27. The van der Waals surface area contributed by atoms with Crippen molar-refractivity contribution >= 4 is 116 Å². The van der Waals surface area contributed by atoms with Crippen LogP contribution in [-0.4, -0.2) is 219 Å². The van der Waals surface area contributed by atoms with Crippen molar-refractivity contribution in [3.05, 3.63) is 18.2 Å². The third-order valence-corrected chi connectivity index (χ3v) is 16.6. The van der Waals surface area contributed by atoms with E-state index in [1.165, 1.54) is 26.4 Å². The van der Waals surface area contributed by atoms with Crippen LogP contribution in [0.4, 0.5) is 0 Å². The summed E-state index contributed by atoms with van der Waals surface area (Å²) in [5, 5.41) is 44.8. The van der Waals surface area contributed by atoms with Crippen molar-refractivity contribution in [2.75, 3.05) is 45.0 Å².